The average Bonchev–Trinajstić information content (AvgIpc) is 2.48. The third-order valence-corrected chi connectivity index (χ3v) is 2.97. The normalized spacial score (nSPS) is 10.0. The van der Waals surface area contributed by atoms with Gasteiger partial charge in [-0.1, -0.05) is 12.1 Å². The van der Waals surface area contributed by atoms with Crippen LogP contribution in [0.2, 0.25) is 0 Å². The van der Waals surface area contributed by atoms with Crippen molar-refractivity contribution in [1.82, 2.24) is 4.98 Å². The van der Waals surface area contributed by atoms with Crippen LogP contribution in [0.4, 0.5) is 17.2 Å². The predicted molar refractivity (Wildman–Crippen MR) is 79.6 cm³/mol. The van der Waals surface area contributed by atoms with Crippen LogP contribution >= 0.6 is 0 Å². The van der Waals surface area contributed by atoms with Crippen molar-refractivity contribution in [2.75, 3.05) is 17.7 Å². The lowest BCUT2D eigenvalue weighted by atomic mass is 10.1. The van der Waals surface area contributed by atoms with Gasteiger partial charge in [-0.2, -0.15) is 0 Å². The molecule has 0 aliphatic heterocycles. The van der Waals surface area contributed by atoms with Crippen molar-refractivity contribution >= 4 is 23.1 Å². The number of anilines is 2. The van der Waals surface area contributed by atoms with Gasteiger partial charge in [-0.25, -0.2) is 4.98 Å². The van der Waals surface area contributed by atoms with Gasteiger partial charge in [0.15, 0.2) is 0 Å². The first kappa shape index (κ1) is 14.4. The Morgan fingerprint density at radius 2 is 2.05 bits per heavy atom. The molecule has 2 aromatic rings. The molecule has 0 aliphatic carbocycles. The van der Waals surface area contributed by atoms with Crippen LogP contribution in [-0.2, 0) is 0 Å². The number of aryl methyl sites for hydroxylation is 1. The number of nitrogens with zero attached hydrogens (tertiary/aromatic N) is 2. The molecule has 7 heteroatoms. The number of carbonyl (C=O) groups excluding carboxylic acids is 1. The zero-order chi connectivity index (χ0) is 15.4. The summed E-state index contributed by atoms with van der Waals surface area (Å²) in [6.07, 6.45) is 1.54. The van der Waals surface area contributed by atoms with Crippen LogP contribution in [0.3, 0.4) is 0 Å². The molecule has 21 heavy (non-hydrogen) atoms. The van der Waals surface area contributed by atoms with E-state index in [2.05, 4.69) is 15.6 Å². The van der Waals surface area contributed by atoms with Crippen LogP contribution in [0.1, 0.15) is 15.9 Å². The van der Waals surface area contributed by atoms with Crippen molar-refractivity contribution in [1.29, 1.82) is 0 Å². The summed E-state index contributed by atoms with van der Waals surface area (Å²) in [5.41, 5.74) is 0.784. The second-order valence-electron chi connectivity index (χ2n) is 4.33. The van der Waals surface area contributed by atoms with Crippen molar-refractivity contribution < 1.29 is 9.72 Å². The van der Waals surface area contributed by atoms with Crippen molar-refractivity contribution in [2.24, 2.45) is 0 Å². The van der Waals surface area contributed by atoms with E-state index in [9.17, 15) is 14.9 Å². The van der Waals surface area contributed by atoms with E-state index in [4.69, 9.17) is 0 Å². The third-order valence-electron chi connectivity index (χ3n) is 2.97. The van der Waals surface area contributed by atoms with E-state index in [1.807, 2.05) is 0 Å². The summed E-state index contributed by atoms with van der Waals surface area (Å²) >= 11 is 0. The molecular formula is C14H14N4O3. The average molecular weight is 286 g/mol. The molecule has 1 aromatic carbocycles. The standard InChI is InChI=1S/C14H14N4O3/c1-9-5-4-8-16-13(9)17-14(19)10-6-3-7-11(15-2)12(10)18(20)21/h3-8,15H,1-2H3,(H,16,17,19). The highest BCUT2D eigenvalue weighted by Gasteiger charge is 2.24. The van der Waals surface area contributed by atoms with Gasteiger partial charge in [0.05, 0.1) is 4.92 Å². The van der Waals surface area contributed by atoms with Gasteiger partial charge >= 0.3 is 5.69 Å². The molecule has 0 bridgehead atoms. The lowest BCUT2D eigenvalue weighted by Gasteiger charge is -2.09. The highest BCUT2D eigenvalue weighted by Crippen LogP contribution is 2.28. The minimum absolute atomic E-state index is 0.0168. The van der Waals surface area contributed by atoms with E-state index in [0.717, 1.165) is 5.56 Å². The van der Waals surface area contributed by atoms with Gasteiger partial charge in [-0.05, 0) is 30.7 Å². The molecule has 0 unspecified atom stereocenters. The van der Waals surface area contributed by atoms with Gasteiger partial charge < -0.3 is 10.6 Å². The fourth-order valence-corrected chi connectivity index (χ4v) is 1.92. The first-order chi connectivity index (χ1) is 10.0. The van der Waals surface area contributed by atoms with Gasteiger partial charge in [-0.3, -0.25) is 14.9 Å². The fourth-order valence-electron chi connectivity index (χ4n) is 1.92. The molecule has 0 spiro atoms. The monoisotopic (exact) mass is 286 g/mol. The molecule has 0 saturated heterocycles. The van der Waals surface area contributed by atoms with Crippen molar-refractivity contribution in [2.45, 2.75) is 6.92 Å². The van der Waals surface area contributed by atoms with Crippen LogP contribution in [0.25, 0.3) is 0 Å². The number of aromatic nitrogens is 1. The van der Waals surface area contributed by atoms with Crippen LogP contribution in [0.5, 0.6) is 0 Å². The Hall–Kier alpha value is -2.96. The van der Waals surface area contributed by atoms with Crippen LogP contribution in [0.15, 0.2) is 36.5 Å². The van der Waals surface area contributed by atoms with E-state index in [-0.39, 0.29) is 16.9 Å². The Morgan fingerprint density at radius 1 is 1.29 bits per heavy atom. The number of pyridine rings is 1. The van der Waals surface area contributed by atoms with E-state index >= 15 is 0 Å². The molecule has 7 nitrogen and oxygen atoms in total. The third kappa shape index (κ3) is 2.97. The molecule has 0 radical (unpaired) electrons. The zero-order valence-electron chi connectivity index (χ0n) is 11.6. The Bertz CT molecular complexity index is 700. The summed E-state index contributed by atoms with van der Waals surface area (Å²) in [7, 11) is 1.56. The number of para-hydroxylation sites is 1. The zero-order valence-corrected chi connectivity index (χ0v) is 11.6. The molecule has 1 heterocycles. The number of nitro benzene ring substituents is 1. The van der Waals surface area contributed by atoms with Crippen molar-refractivity contribution in [3.8, 4) is 0 Å². The molecular weight excluding hydrogens is 272 g/mol. The van der Waals surface area contributed by atoms with Gasteiger partial charge in [0.1, 0.15) is 17.1 Å². The first-order valence-electron chi connectivity index (χ1n) is 6.22. The number of amides is 1. The highest BCUT2D eigenvalue weighted by atomic mass is 16.6. The van der Waals surface area contributed by atoms with Crippen LogP contribution < -0.4 is 10.6 Å². The summed E-state index contributed by atoms with van der Waals surface area (Å²) in [5, 5.41) is 16.5. The molecule has 0 aliphatic rings. The van der Waals surface area contributed by atoms with Crippen LogP contribution in [0, 0.1) is 17.0 Å². The lowest BCUT2D eigenvalue weighted by molar-refractivity contribution is -0.384. The Balaban J connectivity index is 2.40. The summed E-state index contributed by atoms with van der Waals surface area (Å²) in [4.78, 5) is 26.9. The number of hydrogen-bond acceptors (Lipinski definition) is 5. The summed E-state index contributed by atoms with van der Waals surface area (Å²) in [6, 6.07) is 8.07. The van der Waals surface area contributed by atoms with Crippen molar-refractivity contribution in [3.63, 3.8) is 0 Å². The smallest absolute Gasteiger partial charge is 0.305 e. The molecule has 2 N–H and O–H groups in total. The Kier molecular flexibility index (Phi) is 4.13. The largest absolute Gasteiger partial charge is 0.383 e. The molecule has 1 aromatic heterocycles. The number of hydrogen-bond donors (Lipinski definition) is 2. The molecule has 1 amide bonds. The van der Waals surface area contributed by atoms with Gasteiger partial charge in [0, 0.05) is 13.2 Å². The molecule has 2 rings (SSSR count). The minimum Gasteiger partial charge on any atom is -0.383 e. The minimum atomic E-state index is -0.577. The summed E-state index contributed by atoms with van der Waals surface area (Å²) < 4.78 is 0. The molecule has 0 saturated carbocycles. The number of nitro groups is 1. The topological polar surface area (TPSA) is 97.2 Å². The maximum absolute atomic E-state index is 12.3. The second-order valence-corrected chi connectivity index (χ2v) is 4.33. The number of carbonyl (C=O) groups is 1. The second kappa shape index (κ2) is 6.00. The molecule has 0 atom stereocenters. The Labute approximate surface area is 121 Å². The Morgan fingerprint density at radius 3 is 2.67 bits per heavy atom. The predicted octanol–water partition coefficient (Wildman–Crippen LogP) is 2.59. The quantitative estimate of drug-likeness (QED) is 0.665. The first-order valence-corrected chi connectivity index (χ1v) is 6.22. The SMILES string of the molecule is CNc1cccc(C(=O)Nc2ncccc2C)c1[N+](=O)[O-]. The van der Waals surface area contributed by atoms with E-state index in [1.54, 1.807) is 44.4 Å². The van der Waals surface area contributed by atoms with Gasteiger partial charge in [-0.15, -0.1) is 0 Å². The molecule has 108 valence electrons. The number of rotatable bonds is 4. The fraction of sp³-hybridized carbons (Fsp3) is 0.143. The lowest BCUT2D eigenvalue weighted by Crippen LogP contribution is -2.16. The van der Waals surface area contributed by atoms with Crippen molar-refractivity contribution in [3.05, 3.63) is 57.8 Å². The summed E-state index contributed by atoms with van der Waals surface area (Å²) in [5.74, 6) is -0.188. The number of benzene rings is 1. The van der Waals surface area contributed by atoms with E-state index < -0.39 is 10.8 Å². The highest BCUT2D eigenvalue weighted by molar-refractivity contribution is 6.08. The maximum atomic E-state index is 12.3. The van der Waals surface area contributed by atoms with E-state index in [1.165, 1.54) is 6.07 Å². The van der Waals surface area contributed by atoms with Gasteiger partial charge in [0.2, 0.25) is 0 Å². The van der Waals surface area contributed by atoms with E-state index in [0.29, 0.717) is 5.82 Å². The number of nitrogens with one attached hydrogen (secondary N) is 2. The van der Waals surface area contributed by atoms with Crippen LogP contribution in [-0.4, -0.2) is 22.9 Å². The maximum Gasteiger partial charge on any atom is 0.305 e. The van der Waals surface area contributed by atoms with Gasteiger partial charge in [0.25, 0.3) is 5.91 Å². The molecule has 0 fully saturated rings. The summed E-state index contributed by atoms with van der Waals surface area (Å²) in [6.45, 7) is 1.79.